The van der Waals surface area contributed by atoms with E-state index in [-0.39, 0.29) is 35.9 Å². The van der Waals surface area contributed by atoms with Crippen molar-refractivity contribution < 1.29 is 33.4 Å². The summed E-state index contributed by atoms with van der Waals surface area (Å²) in [5, 5.41) is 3.48. The highest BCUT2D eigenvalue weighted by molar-refractivity contribution is 9.09. The number of amides is 3. The number of rotatable bonds is 9. The maximum Gasteiger partial charge on any atom is 0.408 e. The fourth-order valence-electron chi connectivity index (χ4n) is 5.61. The van der Waals surface area contributed by atoms with Crippen LogP contribution in [0.15, 0.2) is 18.2 Å². The van der Waals surface area contributed by atoms with E-state index in [1.807, 2.05) is 27.7 Å². The van der Waals surface area contributed by atoms with Gasteiger partial charge in [-0.1, -0.05) is 36.7 Å². The Bertz CT molecular complexity index is 1370. The SMILES string of the molecule is COc1ccc2c(O[C@@H]3C[C@@H](C(N)=O)N(C(=O)[C@@H](NC(=O)OC4CCCC4)C(C)(C)C)C3)cc(C(=O)CBr)nc2c1C. The molecule has 42 heavy (non-hydrogen) atoms. The van der Waals surface area contributed by atoms with Gasteiger partial charge in [0.05, 0.1) is 24.5 Å². The Morgan fingerprint density at radius 1 is 1.14 bits per heavy atom. The normalized spacial score (nSPS) is 19.9. The third kappa shape index (κ3) is 6.79. The van der Waals surface area contributed by atoms with Crippen LogP contribution in [0.4, 0.5) is 4.79 Å². The number of ketones is 1. The fraction of sp³-hybridized carbons (Fsp3) is 0.567. The van der Waals surface area contributed by atoms with Crippen molar-refractivity contribution in [3.8, 4) is 11.5 Å². The molecule has 0 spiro atoms. The smallest absolute Gasteiger partial charge is 0.408 e. The predicted octanol–water partition coefficient (Wildman–Crippen LogP) is 4.05. The Labute approximate surface area is 253 Å². The number of nitrogens with one attached hydrogen (secondary N) is 1. The third-order valence-electron chi connectivity index (χ3n) is 7.89. The molecule has 11 nitrogen and oxygen atoms in total. The molecule has 3 amide bonds. The number of nitrogens with two attached hydrogens (primary N) is 1. The summed E-state index contributed by atoms with van der Waals surface area (Å²) in [6.45, 7) is 7.39. The van der Waals surface area contributed by atoms with Crippen molar-refractivity contribution >= 4 is 50.5 Å². The van der Waals surface area contributed by atoms with E-state index < -0.39 is 41.5 Å². The van der Waals surface area contributed by atoms with E-state index in [2.05, 4.69) is 26.2 Å². The number of hydrogen-bond donors (Lipinski definition) is 2. The van der Waals surface area contributed by atoms with Gasteiger partial charge in [0.1, 0.15) is 41.5 Å². The van der Waals surface area contributed by atoms with Crippen LogP contribution >= 0.6 is 15.9 Å². The molecule has 1 saturated carbocycles. The number of benzene rings is 1. The predicted molar refractivity (Wildman–Crippen MR) is 160 cm³/mol. The molecule has 2 aromatic rings. The zero-order valence-corrected chi connectivity index (χ0v) is 26.3. The van der Waals surface area contributed by atoms with Gasteiger partial charge >= 0.3 is 6.09 Å². The number of likely N-dealkylation sites (tertiary alicyclic amines) is 1. The zero-order valence-electron chi connectivity index (χ0n) is 24.7. The second-order valence-electron chi connectivity index (χ2n) is 12.0. The quantitative estimate of drug-likeness (QED) is 0.306. The summed E-state index contributed by atoms with van der Waals surface area (Å²) in [4.78, 5) is 57.7. The molecule has 228 valence electrons. The van der Waals surface area contributed by atoms with E-state index in [1.165, 1.54) is 4.90 Å². The molecule has 1 aromatic heterocycles. The zero-order chi connectivity index (χ0) is 30.8. The van der Waals surface area contributed by atoms with E-state index in [9.17, 15) is 19.2 Å². The first-order valence-corrected chi connectivity index (χ1v) is 15.3. The Morgan fingerprint density at radius 2 is 1.83 bits per heavy atom. The third-order valence-corrected chi connectivity index (χ3v) is 8.40. The van der Waals surface area contributed by atoms with Crippen LogP contribution in [0.5, 0.6) is 11.5 Å². The molecule has 1 aliphatic heterocycles. The van der Waals surface area contributed by atoms with Gasteiger partial charge in [-0.05, 0) is 50.2 Å². The van der Waals surface area contributed by atoms with Crippen LogP contribution in [0.1, 0.15) is 68.9 Å². The molecule has 4 rings (SSSR count). The first kappa shape index (κ1) is 31.5. The van der Waals surface area contributed by atoms with Gasteiger partial charge < -0.3 is 30.2 Å². The monoisotopic (exact) mass is 646 g/mol. The van der Waals surface area contributed by atoms with E-state index in [0.717, 1.165) is 31.2 Å². The van der Waals surface area contributed by atoms with E-state index in [4.69, 9.17) is 19.9 Å². The fourth-order valence-corrected chi connectivity index (χ4v) is 5.90. The molecule has 1 aromatic carbocycles. The summed E-state index contributed by atoms with van der Waals surface area (Å²) in [7, 11) is 1.56. The summed E-state index contributed by atoms with van der Waals surface area (Å²) in [5.74, 6) is -0.348. The number of Topliss-reactive ketones (excluding diaryl/α,β-unsaturated/α-hetero) is 1. The second-order valence-corrected chi connectivity index (χ2v) is 12.6. The summed E-state index contributed by atoms with van der Waals surface area (Å²) in [6, 6.07) is 3.25. The number of alkyl halides is 1. The van der Waals surface area contributed by atoms with Gasteiger partial charge in [0.2, 0.25) is 11.8 Å². The number of fused-ring (bicyclic) bond motifs is 1. The van der Waals surface area contributed by atoms with Crippen molar-refractivity contribution in [2.75, 3.05) is 19.0 Å². The highest BCUT2D eigenvalue weighted by Crippen LogP contribution is 2.35. The minimum absolute atomic E-state index is 0.0546. The van der Waals surface area contributed by atoms with Crippen LogP contribution in [0.2, 0.25) is 0 Å². The summed E-state index contributed by atoms with van der Waals surface area (Å²) < 4.78 is 17.4. The average molecular weight is 648 g/mol. The lowest BCUT2D eigenvalue weighted by molar-refractivity contribution is -0.141. The van der Waals surface area contributed by atoms with E-state index >= 15 is 0 Å². The molecule has 0 unspecified atom stereocenters. The Balaban J connectivity index is 1.61. The Morgan fingerprint density at radius 3 is 2.43 bits per heavy atom. The number of alkyl carbamates (subject to hydrolysis) is 1. The number of nitrogens with zero attached hydrogens (tertiary/aromatic N) is 2. The molecule has 0 bridgehead atoms. The summed E-state index contributed by atoms with van der Waals surface area (Å²) in [6.07, 6.45) is 2.31. The topological polar surface area (TPSA) is 150 Å². The molecular weight excluding hydrogens is 608 g/mol. The number of ether oxygens (including phenoxy) is 3. The van der Waals surface area contributed by atoms with E-state index in [1.54, 1.807) is 25.3 Å². The number of aromatic nitrogens is 1. The number of methoxy groups -OCH3 is 1. The molecule has 12 heteroatoms. The highest BCUT2D eigenvalue weighted by Gasteiger charge is 2.45. The van der Waals surface area contributed by atoms with Gasteiger partial charge in [-0.3, -0.25) is 14.4 Å². The first-order chi connectivity index (χ1) is 19.8. The standard InChI is InChI=1S/C30H39BrN4O7/c1-16-23(40-5)11-10-19-24(13-20(22(36)14-31)33-25(16)19)41-18-12-21(27(32)37)35(15-18)28(38)26(30(2,3)4)34-29(39)42-17-8-6-7-9-17/h10-11,13,17-18,21,26H,6-9,12,14-15H2,1-5H3,(H2,32,37)(H,34,39)/t18-,21+,26-/m1/s1. The first-order valence-electron chi connectivity index (χ1n) is 14.1. The molecule has 2 fully saturated rings. The number of carbonyl (C=O) groups is 4. The minimum Gasteiger partial charge on any atom is -0.496 e. The van der Waals surface area contributed by atoms with Crippen LogP contribution in [-0.4, -0.2) is 76.9 Å². The lowest BCUT2D eigenvalue weighted by Crippen LogP contribution is -2.57. The molecule has 0 radical (unpaired) electrons. The molecule has 1 aliphatic carbocycles. The lowest BCUT2D eigenvalue weighted by Gasteiger charge is -2.34. The number of carbonyl (C=O) groups excluding carboxylic acids is 4. The molecule has 3 atom stereocenters. The summed E-state index contributed by atoms with van der Waals surface area (Å²) in [5.41, 5.74) is 6.56. The van der Waals surface area contributed by atoms with Crippen molar-refractivity contribution in [3.63, 3.8) is 0 Å². The number of hydrogen-bond acceptors (Lipinski definition) is 8. The largest absolute Gasteiger partial charge is 0.496 e. The maximum atomic E-state index is 13.9. The van der Waals surface area contributed by atoms with Crippen molar-refractivity contribution in [1.29, 1.82) is 0 Å². The molecule has 2 heterocycles. The van der Waals surface area contributed by atoms with Crippen molar-refractivity contribution in [1.82, 2.24) is 15.2 Å². The molecule has 2 aliphatic rings. The van der Waals surface area contributed by atoms with Gasteiger partial charge in [-0.15, -0.1) is 0 Å². The van der Waals surface area contributed by atoms with Crippen LogP contribution < -0.4 is 20.5 Å². The molecule has 3 N–H and O–H groups in total. The number of primary amides is 1. The number of pyridine rings is 1. The van der Waals surface area contributed by atoms with Gasteiger partial charge in [0.25, 0.3) is 0 Å². The van der Waals surface area contributed by atoms with Gasteiger partial charge in [-0.2, -0.15) is 0 Å². The second kappa shape index (κ2) is 12.8. The average Bonchev–Trinajstić information content (AvgIpc) is 3.61. The van der Waals surface area contributed by atoms with Crippen LogP contribution in [-0.2, 0) is 14.3 Å². The number of aryl methyl sites for hydroxylation is 1. The lowest BCUT2D eigenvalue weighted by atomic mass is 9.85. The van der Waals surface area contributed by atoms with Gasteiger partial charge in [0, 0.05) is 23.4 Å². The Kier molecular flexibility index (Phi) is 9.64. The molecular formula is C30H39BrN4O7. The van der Waals surface area contributed by atoms with Gasteiger partial charge in [0.15, 0.2) is 5.78 Å². The van der Waals surface area contributed by atoms with E-state index in [0.29, 0.717) is 22.4 Å². The van der Waals surface area contributed by atoms with Gasteiger partial charge in [-0.25, -0.2) is 9.78 Å². The minimum atomic E-state index is -0.966. The van der Waals surface area contributed by atoms with Crippen molar-refractivity contribution in [2.45, 2.75) is 84.1 Å². The Hall–Kier alpha value is -3.41. The summed E-state index contributed by atoms with van der Waals surface area (Å²) >= 11 is 3.20. The van der Waals surface area contributed by atoms with Crippen LogP contribution in [0, 0.1) is 12.3 Å². The maximum absolute atomic E-state index is 13.9. The molecule has 1 saturated heterocycles. The van der Waals surface area contributed by atoms with Crippen LogP contribution in [0.3, 0.4) is 0 Å². The number of halogens is 1. The van der Waals surface area contributed by atoms with Crippen molar-refractivity contribution in [3.05, 3.63) is 29.5 Å². The van der Waals surface area contributed by atoms with Crippen molar-refractivity contribution in [2.24, 2.45) is 11.1 Å². The highest BCUT2D eigenvalue weighted by atomic mass is 79.9. The van der Waals surface area contributed by atoms with Crippen LogP contribution in [0.25, 0.3) is 10.9 Å².